The van der Waals surface area contributed by atoms with Gasteiger partial charge in [0, 0.05) is 20.1 Å². The third kappa shape index (κ3) is 4.68. The monoisotopic (exact) mass is 173 g/mol. The molecule has 5 heteroatoms. The van der Waals surface area contributed by atoms with Crippen LogP contribution in [0.25, 0.3) is 0 Å². The van der Waals surface area contributed by atoms with Crippen molar-refractivity contribution in [2.45, 2.75) is 19.9 Å². The molecule has 0 spiro atoms. The lowest BCUT2D eigenvalue weighted by molar-refractivity contribution is -0.129. The molecule has 0 amide bonds. The first kappa shape index (κ1) is 10.9. The molecule has 12 heavy (non-hydrogen) atoms. The van der Waals surface area contributed by atoms with Crippen LogP contribution in [0, 0.1) is 0 Å². The van der Waals surface area contributed by atoms with E-state index in [0.717, 1.165) is 0 Å². The van der Waals surface area contributed by atoms with Crippen molar-refractivity contribution in [3.63, 3.8) is 0 Å². The normalized spacial score (nSPS) is 12.3. The predicted octanol–water partition coefficient (Wildman–Crippen LogP) is -0.0559. The average molecular weight is 173 g/mol. The van der Waals surface area contributed by atoms with Crippen LogP contribution < -0.4 is 5.43 Å². The number of aliphatic imine (C=N–C) groups is 1. The summed E-state index contributed by atoms with van der Waals surface area (Å²) in [6, 6.07) is -0.0245. The quantitative estimate of drug-likeness (QED) is 0.349. The van der Waals surface area contributed by atoms with Gasteiger partial charge in [0.25, 0.3) is 0 Å². The fraction of sp³-hybridized carbons (Fsp3) is 0.714. The number of amidine groups is 1. The number of hydrogen-bond acceptors (Lipinski definition) is 3. The minimum Gasteiger partial charge on any atom is -0.475 e. The van der Waals surface area contributed by atoms with E-state index in [0.29, 0.717) is 0 Å². The molecule has 0 fully saturated rings. The molecule has 0 atom stereocenters. The lowest BCUT2D eigenvalue weighted by atomic mass is 10.4. The van der Waals surface area contributed by atoms with E-state index in [1.54, 1.807) is 14.1 Å². The summed E-state index contributed by atoms with van der Waals surface area (Å²) in [4.78, 5) is 14.4. The van der Waals surface area contributed by atoms with E-state index in [9.17, 15) is 4.79 Å². The molecule has 5 nitrogen and oxygen atoms in total. The highest BCUT2D eigenvalue weighted by Gasteiger charge is 2.09. The molecule has 0 aliphatic carbocycles. The Bertz CT molecular complexity index is 187. The maximum atomic E-state index is 10.6. The Morgan fingerprint density at radius 2 is 2.00 bits per heavy atom. The molecule has 2 N–H and O–H groups in total. The van der Waals surface area contributed by atoms with Crippen molar-refractivity contribution in [2.75, 3.05) is 14.1 Å². The van der Waals surface area contributed by atoms with E-state index in [-0.39, 0.29) is 11.9 Å². The zero-order valence-corrected chi connectivity index (χ0v) is 7.83. The standard InChI is InChI=1S/C7H15N3O2/c1-5(2)8-6(7(11)12)9-10(3)4/h5H,1-4H3,(H,8,9)(H,11,12). The number of hydrazine groups is 1. The number of nitrogens with zero attached hydrogens (tertiary/aromatic N) is 2. The first-order valence-electron chi connectivity index (χ1n) is 3.68. The van der Waals surface area contributed by atoms with E-state index in [1.807, 2.05) is 13.8 Å². The highest BCUT2D eigenvalue weighted by molar-refractivity contribution is 6.34. The lowest BCUT2D eigenvalue weighted by Gasteiger charge is -2.13. The van der Waals surface area contributed by atoms with Crippen LogP contribution in [0.2, 0.25) is 0 Å². The Balaban J connectivity index is 4.34. The van der Waals surface area contributed by atoms with Crippen LogP contribution >= 0.6 is 0 Å². The Kier molecular flexibility index (Phi) is 4.28. The van der Waals surface area contributed by atoms with Crippen LogP contribution in [0.5, 0.6) is 0 Å². The predicted molar refractivity (Wildman–Crippen MR) is 47.0 cm³/mol. The Hall–Kier alpha value is -1.10. The van der Waals surface area contributed by atoms with Crippen LogP contribution in [0.3, 0.4) is 0 Å². The topological polar surface area (TPSA) is 64.9 Å². The number of carboxylic acids is 1. The van der Waals surface area contributed by atoms with Crippen LogP contribution in [0.15, 0.2) is 4.99 Å². The molecule has 0 saturated carbocycles. The minimum absolute atomic E-state index is 0.0245. The van der Waals surface area contributed by atoms with Gasteiger partial charge in [-0.15, -0.1) is 0 Å². The molecular weight excluding hydrogens is 158 g/mol. The molecule has 0 aromatic heterocycles. The second-order valence-electron chi connectivity index (χ2n) is 2.88. The van der Waals surface area contributed by atoms with Crippen molar-refractivity contribution < 1.29 is 9.90 Å². The number of nitrogens with one attached hydrogen (secondary N) is 1. The van der Waals surface area contributed by atoms with Crippen LogP contribution in [0.4, 0.5) is 0 Å². The van der Waals surface area contributed by atoms with E-state index in [2.05, 4.69) is 10.4 Å². The molecule has 70 valence electrons. The summed E-state index contributed by atoms with van der Waals surface area (Å²) in [5, 5.41) is 10.2. The Morgan fingerprint density at radius 1 is 1.50 bits per heavy atom. The maximum Gasteiger partial charge on any atom is 0.372 e. The summed E-state index contributed by atoms with van der Waals surface area (Å²) < 4.78 is 0. The number of carboxylic acid groups (broad SMARTS) is 1. The summed E-state index contributed by atoms with van der Waals surface area (Å²) in [5.74, 6) is -1.08. The molecule has 0 heterocycles. The third-order valence-corrected chi connectivity index (χ3v) is 0.919. The molecule has 0 aromatic carbocycles. The third-order valence-electron chi connectivity index (χ3n) is 0.919. The maximum absolute atomic E-state index is 10.6. The van der Waals surface area contributed by atoms with Crippen molar-refractivity contribution in [2.24, 2.45) is 4.99 Å². The summed E-state index contributed by atoms with van der Waals surface area (Å²) in [6.45, 7) is 3.64. The first-order valence-corrected chi connectivity index (χ1v) is 3.68. The molecule has 0 aromatic rings. The largest absolute Gasteiger partial charge is 0.475 e. The zero-order valence-electron chi connectivity index (χ0n) is 7.83. The van der Waals surface area contributed by atoms with E-state index >= 15 is 0 Å². The van der Waals surface area contributed by atoms with Crippen molar-refractivity contribution in [1.29, 1.82) is 0 Å². The van der Waals surface area contributed by atoms with Gasteiger partial charge in [0.2, 0.25) is 5.84 Å². The van der Waals surface area contributed by atoms with Crippen LogP contribution in [-0.2, 0) is 4.79 Å². The minimum atomic E-state index is -1.04. The molecule has 0 aliphatic heterocycles. The number of hydrogen-bond donors (Lipinski definition) is 2. The fourth-order valence-electron chi connectivity index (χ4n) is 0.602. The number of aliphatic carboxylic acids is 1. The second kappa shape index (κ2) is 4.71. The van der Waals surface area contributed by atoms with Crippen LogP contribution in [-0.4, -0.2) is 42.1 Å². The summed E-state index contributed by atoms with van der Waals surface area (Å²) in [6.07, 6.45) is 0. The molecule has 0 radical (unpaired) electrons. The van der Waals surface area contributed by atoms with Gasteiger partial charge in [-0.1, -0.05) is 0 Å². The molecule has 0 unspecified atom stereocenters. The average Bonchev–Trinajstić information content (AvgIpc) is 1.83. The van der Waals surface area contributed by atoms with Gasteiger partial charge in [-0.2, -0.15) is 0 Å². The number of carbonyl (C=O) groups is 1. The van der Waals surface area contributed by atoms with Crippen LogP contribution in [0.1, 0.15) is 13.8 Å². The SMILES string of the molecule is CC(C)N=C(NN(C)C)C(=O)O. The van der Waals surface area contributed by atoms with Gasteiger partial charge in [0.15, 0.2) is 0 Å². The van der Waals surface area contributed by atoms with Gasteiger partial charge in [-0.25, -0.2) is 9.80 Å². The fourth-order valence-corrected chi connectivity index (χ4v) is 0.602. The van der Waals surface area contributed by atoms with E-state index < -0.39 is 5.97 Å². The first-order chi connectivity index (χ1) is 5.43. The van der Waals surface area contributed by atoms with E-state index in [4.69, 9.17) is 5.11 Å². The summed E-state index contributed by atoms with van der Waals surface area (Å²) in [5.41, 5.74) is 2.59. The molecule has 0 saturated heterocycles. The summed E-state index contributed by atoms with van der Waals surface area (Å²) in [7, 11) is 3.41. The zero-order chi connectivity index (χ0) is 9.72. The molecule has 0 rings (SSSR count). The molecule has 0 bridgehead atoms. The lowest BCUT2D eigenvalue weighted by Crippen LogP contribution is -2.41. The Morgan fingerprint density at radius 3 is 2.25 bits per heavy atom. The van der Waals surface area contributed by atoms with Crippen molar-refractivity contribution in [1.82, 2.24) is 10.4 Å². The smallest absolute Gasteiger partial charge is 0.372 e. The van der Waals surface area contributed by atoms with Crippen molar-refractivity contribution in [3.8, 4) is 0 Å². The Labute approximate surface area is 72.1 Å². The number of rotatable bonds is 2. The summed E-state index contributed by atoms with van der Waals surface area (Å²) >= 11 is 0. The van der Waals surface area contributed by atoms with Gasteiger partial charge in [0.1, 0.15) is 0 Å². The van der Waals surface area contributed by atoms with Gasteiger partial charge in [0.05, 0.1) is 0 Å². The van der Waals surface area contributed by atoms with Crippen molar-refractivity contribution >= 4 is 11.8 Å². The van der Waals surface area contributed by atoms with Gasteiger partial charge >= 0.3 is 5.97 Å². The second-order valence-corrected chi connectivity index (χ2v) is 2.88. The van der Waals surface area contributed by atoms with Gasteiger partial charge in [-0.05, 0) is 13.8 Å². The highest BCUT2D eigenvalue weighted by Crippen LogP contribution is 1.87. The van der Waals surface area contributed by atoms with Gasteiger partial charge < -0.3 is 5.11 Å². The highest BCUT2D eigenvalue weighted by atomic mass is 16.4. The van der Waals surface area contributed by atoms with E-state index in [1.165, 1.54) is 5.01 Å². The molecule has 0 aliphatic rings. The van der Waals surface area contributed by atoms with Crippen molar-refractivity contribution in [3.05, 3.63) is 0 Å². The van der Waals surface area contributed by atoms with Gasteiger partial charge in [-0.3, -0.25) is 10.4 Å². The molecular formula is C7H15N3O2.